The first kappa shape index (κ1) is 15.1. The molecule has 0 saturated carbocycles. The maximum Gasteiger partial charge on any atom is 0.506 e. The van der Waals surface area contributed by atoms with Crippen molar-refractivity contribution in [2.45, 2.75) is 12.8 Å². The van der Waals surface area contributed by atoms with Gasteiger partial charge in [-0.05, 0) is 25.9 Å². The van der Waals surface area contributed by atoms with E-state index in [-0.39, 0.29) is 12.5 Å². The molecule has 7 nitrogen and oxygen atoms in total. The summed E-state index contributed by atoms with van der Waals surface area (Å²) >= 11 is 0. The molecule has 0 bridgehead atoms. The van der Waals surface area contributed by atoms with E-state index in [9.17, 15) is 9.59 Å². The van der Waals surface area contributed by atoms with E-state index < -0.39 is 6.16 Å². The molecule has 0 aromatic rings. The summed E-state index contributed by atoms with van der Waals surface area (Å²) in [6.07, 6.45) is 1.22. The van der Waals surface area contributed by atoms with E-state index in [2.05, 4.69) is 14.5 Å². The molecule has 2 rings (SSSR count). The van der Waals surface area contributed by atoms with Crippen LogP contribution in [0.15, 0.2) is 0 Å². The number of hydrogen-bond donors (Lipinski definition) is 1. The van der Waals surface area contributed by atoms with Crippen LogP contribution in [-0.2, 0) is 9.53 Å². The highest BCUT2D eigenvalue weighted by Crippen LogP contribution is 2.08. The Balaban J connectivity index is 1.61. The normalized spacial score (nSPS) is 21.1. The highest BCUT2D eigenvalue weighted by atomic mass is 16.7. The van der Waals surface area contributed by atoms with E-state index in [1.165, 1.54) is 25.9 Å². The second kappa shape index (κ2) is 7.44. The van der Waals surface area contributed by atoms with Crippen molar-refractivity contribution >= 4 is 12.1 Å². The van der Waals surface area contributed by atoms with Gasteiger partial charge in [0.2, 0.25) is 0 Å². The SMILES string of the molecule is O=C(O)OCC(=O)N1CCN(CCN2CCCC2)CC1. The third-order valence-corrected chi connectivity index (χ3v) is 3.98. The van der Waals surface area contributed by atoms with Gasteiger partial charge in [-0.25, -0.2) is 4.79 Å². The predicted molar refractivity (Wildman–Crippen MR) is 72.7 cm³/mol. The molecule has 0 aromatic heterocycles. The monoisotopic (exact) mass is 285 g/mol. The van der Waals surface area contributed by atoms with E-state index in [0.717, 1.165) is 26.2 Å². The van der Waals surface area contributed by atoms with Crippen LogP contribution in [-0.4, -0.2) is 90.8 Å². The number of piperazine rings is 1. The van der Waals surface area contributed by atoms with E-state index >= 15 is 0 Å². The lowest BCUT2D eigenvalue weighted by Gasteiger charge is -2.35. The van der Waals surface area contributed by atoms with Gasteiger partial charge >= 0.3 is 6.16 Å². The number of carbonyl (C=O) groups is 2. The molecular formula is C13H23N3O4. The minimum absolute atomic E-state index is 0.244. The number of nitrogens with zero attached hydrogens (tertiary/aromatic N) is 3. The second-order valence-corrected chi connectivity index (χ2v) is 5.33. The van der Waals surface area contributed by atoms with Crippen molar-refractivity contribution in [3.05, 3.63) is 0 Å². The van der Waals surface area contributed by atoms with Crippen LogP contribution in [0.3, 0.4) is 0 Å². The Bertz CT molecular complexity index is 337. The van der Waals surface area contributed by atoms with Crippen molar-refractivity contribution in [1.82, 2.24) is 14.7 Å². The van der Waals surface area contributed by atoms with Crippen molar-refractivity contribution in [2.75, 3.05) is 59.0 Å². The maximum atomic E-state index is 11.7. The lowest BCUT2D eigenvalue weighted by molar-refractivity contribution is -0.136. The zero-order valence-electron chi connectivity index (χ0n) is 11.8. The first-order valence-electron chi connectivity index (χ1n) is 7.23. The molecule has 2 aliphatic heterocycles. The molecule has 0 atom stereocenters. The fraction of sp³-hybridized carbons (Fsp3) is 0.846. The minimum Gasteiger partial charge on any atom is -0.450 e. The summed E-state index contributed by atoms with van der Waals surface area (Å²) < 4.78 is 4.30. The van der Waals surface area contributed by atoms with Gasteiger partial charge in [0.05, 0.1) is 0 Å². The average molecular weight is 285 g/mol. The fourth-order valence-corrected chi connectivity index (χ4v) is 2.72. The third kappa shape index (κ3) is 4.64. The van der Waals surface area contributed by atoms with Gasteiger partial charge in [0.15, 0.2) is 6.61 Å². The molecule has 7 heteroatoms. The molecule has 0 radical (unpaired) electrons. The van der Waals surface area contributed by atoms with Crippen LogP contribution < -0.4 is 0 Å². The maximum absolute atomic E-state index is 11.7. The number of amides is 1. The first-order valence-corrected chi connectivity index (χ1v) is 7.23. The van der Waals surface area contributed by atoms with E-state index in [1.54, 1.807) is 4.90 Å². The van der Waals surface area contributed by atoms with Gasteiger partial charge in [-0.3, -0.25) is 9.69 Å². The molecule has 2 aliphatic rings. The predicted octanol–water partition coefficient (Wildman–Crippen LogP) is -0.0790. The van der Waals surface area contributed by atoms with E-state index in [1.807, 2.05) is 0 Å². The Hall–Kier alpha value is -1.34. The minimum atomic E-state index is -1.40. The second-order valence-electron chi connectivity index (χ2n) is 5.33. The Morgan fingerprint density at radius 1 is 0.900 bits per heavy atom. The number of rotatable bonds is 5. The lowest BCUT2D eigenvalue weighted by atomic mass is 10.3. The van der Waals surface area contributed by atoms with Crippen LogP contribution in [0.5, 0.6) is 0 Å². The fourth-order valence-electron chi connectivity index (χ4n) is 2.72. The Kier molecular flexibility index (Phi) is 5.60. The van der Waals surface area contributed by atoms with Crippen molar-refractivity contribution in [2.24, 2.45) is 0 Å². The average Bonchev–Trinajstić information content (AvgIpc) is 2.96. The van der Waals surface area contributed by atoms with Gasteiger partial charge in [-0.15, -0.1) is 0 Å². The number of carboxylic acid groups (broad SMARTS) is 1. The standard InChI is InChI=1S/C13H23N3O4/c17-12(11-20-13(18)19)16-9-7-15(8-10-16)6-5-14-3-1-2-4-14/h1-11H2,(H,18,19). The van der Waals surface area contributed by atoms with Gasteiger partial charge < -0.3 is 19.6 Å². The molecular weight excluding hydrogens is 262 g/mol. The quantitative estimate of drug-likeness (QED) is 0.712. The summed E-state index contributed by atoms with van der Waals surface area (Å²) in [7, 11) is 0. The van der Waals surface area contributed by atoms with Gasteiger partial charge in [-0.1, -0.05) is 0 Å². The van der Waals surface area contributed by atoms with Gasteiger partial charge in [-0.2, -0.15) is 0 Å². The van der Waals surface area contributed by atoms with Gasteiger partial charge in [0.25, 0.3) is 5.91 Å². The molecule has 0 aromatic carbocycles. The van der Waals surface area contributed by atoms with E-state index in [4.69, 9.17) is 5.11 Å². The highest BCUT2D eigenvalue weighted by molar-refractivity contribution is 5.79. The summed E-state index contributed by atoms with van der Waals surface area (Å²) in [6.45, 7) is 7.23. The molecule has 1 N–H and O–H groups in total. The van der Waals surface area contributed by atoms with E-state index in [0.29, 0.717) is 13.1 Å². The summed E-state index contributed by atoms with van der Waals surface area (Å²) in [6, 6.07) is 0. The van der Waals surface area contributed by atoms with Gasteiger partial charge in [0.1, 0.15) is 0 Å². The number of hydrogen-bond acceptors (Lipinski definition) is 5. The van der Waals surface area contributed by atoms with Crippen LogP contribution >= 0.6 is 0 Å². The zero-order chi connectivity index (χ0) is 14.4. The first-order chi connectivity index (χ1) is 9.65. The molecule has 2 heterocycles. The topological polar surface area (TPSA) is 73.3 Å². The molecule has 20 heavy (non-hydrogen) atoms. The van der Waals surface area contributed by atoms with Crippen molar-refractivity contribution < 1.29 is 19.4 Å². The summed E-state index contributed by atoms with van der Waals surface area (Å²) in [4.78, 5) is 28.5. The highest BCUT2D eigenvalue weighted by Gasteiger charge is 2.22. The largest absolute Gasteiger partial charge is 0.506 e. The van der Waals surface area contributed by atoms with Crippen LogP contribution in [0.4, 0.5) is 4.79 Å². The van der Waals surface area contributed by atoms with Crippen LogP contribution in [0.2, 0.25) is 0 Å². The van der Waals surface area contributed by atoms with Crippen LogP contribution in [0.25, 0.3) is 0 Å². The zero-order valence-corrected chi connectivity index (χ0v) is 11.8. The molecule has 0 aliphatic carbocycles. The number of likely N-dealkylation sites (tertiary alicyclic amines) is 1. The molecule has 2 fully saturated rings. The van der Waals surface area contributed by atoms with Crippen molar-refractivity contribution in [1.29, 1.82) is 0 Å². The summed E-state index contributed by atoms with van der Waals surface area (Å²) in [5.41, 5.74) is 0. The molecule has 114 valence electrons. The third-order valence-electron chi connectivity index (χ3n) is 3.98. The van der Waals surface area contributed by atoms with Crippen LogP contribution in [0, 0.1) is 0 Å². The van der Waals surface area contributed by atoms with Crippen molar-refractivity contribution in [3.8, 4) is 0 Å². The number of carbonyl (C=O) groups excluding carboxylic acids is 1. The smallest absolute Gasteiger partial charge is 0.450 e. The lowest BCUT2D eigenvalue weighted by Crippen LogP contribution is -2.51. The summed E-state index contributed by atoms with van der Waals surface area (Å²) in [5, 5.41) is 8.37. The molecule has 0 spiro atoms. The molecule has 1 amide bonds. The molecule has 0 unspecified atom stereocenters. The van der Waals surface area contributed by atoms with Crippen molar-refractivity contribution in [3.63, 3.8) is 0 Å². The summed E-state index contributed by atoms with van der Waals surface area (Å²) in [5.74, 6) is -0.244. The number of ether oxygens (including phenoxy) is 1. The Morgan fingerprint density at radius 3 is 2.00 bits per heavy atom. The Labute approximate surface area is 119 Å². The van der Waals surface area contributed by atoms with Crippen LogP contribution in [0.1, 0.15) is 12.8 Å². The van der Waals surface area contributed by atoms with Gasteiger partial charge in [0, 0.05) is 39.3 Å². The molecule has 2 saturated heterocycles. The Morgan fingerprint density at radius 2 is 1.45 bits per heavy atom.